The molecular weight excluding hydrogens is 260 g/mol. The average Bonchev–Trinajstić information content (AvgIpc) is 2.84. The van der Waals surface area contributed by atoms with Crippen LogP contribution in [0.15, 0.2) is 40.8 Å². The Bertz CT molecular complexity index is 749. The predicted molar refractivity (Wildman–Crippen MR) is 78.2 cm³/mol. The summed E-state index contributed by atoms with van der Waals surface area (Å²) in [4.78, 5) is 4.50. The highest BCUT2D eigenvalue weighted by Crippen LogP contribution is 2.29. The van der Waals surface area contributed by atoms with Crippen LogP contribution in [0.25, 0.3) is 22.6 Å². The number of aryl methyl sites for hydroxylation is 1. The number of hydrogen-bond acceptors (Lipinski definition) is 3. The second-order valence-corrected chi connectivity index (χ2v) is 4.82. The maximum absolute atomic E-state index is 5.91. The maximum atomic E-state index is 5.91. The van der Waals surface area contributed by atoms with Crippen molar-refractivity contribution in [2.45, 2.75) is 13.3 Å². The summed E-state index contributed by atoms with van der Waals surface area (Å²) in [6, 6.07) is 11.4. The Morgan fingerprint density at radius 3 is 2.79 bits per heavy atom. The molecule has 0 unspecified atom stereocenters. The third-order valence-corrected chi connectivity index (χ3v) is 3.45. The van der Waals surface area contributed by atoms with E-state index in [0.717, 1.165) is 23.1 Å². The van der Waals surface area contributed by atoms with E-state index in [2.05, 4.69) is 11.9 Å². The summed E-state index contributed by atoms with van der Waals surface area (Å²) in [6.07, 6.45) is 0.978. The van der Waals surface area contributed by atoms with Gasteiger partial charge in [-0.2, -0.15) is 0 Å². The molecule has 0 radical (unpaired) electrons. The number of benzene rings is 2. The molecule has 0 aliphatic rings. The zero-order valence-electron chi connectivity index (χ0n) is 10.5. The number of nitrogens with two attached hydrogens (primary N) is 1. The fourth-order valence-electron chi connectivity index (χ4n) is 1.99. The van der Waals surface area contributed by atoms with Crippen LogP contribution < -0.4 is 5.73 Å². The maximum Gasteiger partial charge on any atom is 0.227 e. The number of nitrogens with zero attached hydrogens (tertiary/aromatic N) is 1. The van der Waals surface area contributed by atoms with Crippen LogP contribution in [0.3, 0.4) is 0 Å². The summed E-state index contributed by atoms with van der Waals surface area (Å²) < 4.78 is 5.74. The van der Waals surface area contributed by atoms with E-state index < -0.39 is 0 Å². The highest BCUT2D eigenvalue weighted by Gasteiger charge is 2.09. The smallest absolute Gasteiger partial charge is 0.227 e. The monoisotopic (exact) mass is 272 g/mol. The molecule has 2 aromatic carbocycles. The van der Waals surface area contributed by atoms with Crippen LogP contribution >= 0.6 is 11.6 Å². The number of rotatable bonds is 2. The average molecular weight is 273 g/mol. The minimum absolute atomic E-state index is 0.524. The van der Waals surface area contributed by atoms with E-state index in [1.807, 2.05) is 24.3 Å². The fourth-order valence-corrected chi connectivity index (χ4v) is 2.11. The second kappa shape index (κ2) is 4.59. The molecule has 0 bridgehead atoms. The van der Waals surface area contributed by atoms with Crippen LogP contribution in [-0.4, -0.2) is 4.98 Å². The van der Waals surface area contributed by atoms with Gasteiger partial charge in [0.05, 0.1) is 10.7 Å². The summed E-state index contributed by atoms with van der Waals surface area (Å²) in [7, 11) is 0. The molecule has 3 rings (SSSR count). The van der Waals surface area contributed by atoms with Crippen molar-refractivity contribution < 1.29 is 4.42 Å². The quantitative estimate of drug-likeness (QED) is 0.708. The van der Waals surface area contributed by atoms with E-state index in [0.29, 0.717) is 16.6 Å². The summed E-state index contributed by atoms with van der Waals surface area (Å²) in [5, 5.41) is 0.535. The summed E-state index contributed by atoms with van der Waals surface area (Å²) in [6.45, 7) is 2.11. The summed E-state index contributed by atoms with van der Waals surface area (Å²) in [5.41, 5.74) is 10.0. The lowest BCUT2D eigenvalue weighted by atomic mass is 10.1. The fraction of sp³-hybridized carbons (Fsp3) is 0.133. The van der Waals surface area contributed by atoms with E-state index in [-0.39, 0.29) is 0 Å². The number of oxazole rings is 1. The van der Waals surface area contributed by atoms with Crippen LogP contribution in [0, 0.1) is 0 Å². The van der Waals surface area contributed by atoms with Gasteiger partial charge in [-0.05, 0) is 42.3 Å². The highest BCUT2D eigenvalue weighted by atomic mass is 35.5. The van der Waals surface area contributed by atoms with E-state index in [1.54, 1.807) is 12.1 Å². The van der Waals surface area contributed by atoms with Crippen LogP contribution in [0.1, 0.15) is 12.5 Å². The summed E-state index contributed by atoms with van der Waals surface area (Å²) >= 11 is 5.91. The lowest BCUT2D eigenvalue weighted by Gasteiger charge is -1.99. The molecule has 19 heavy (non-hydrogen) atoms. The Hall–Kier alpha value is -2.00. The molecule has 0 aliphatic carbocycles. The Kier molecular flexibility index (Phi) is 2.91. The Morgan fingerprint density at radius 2 is 2.05 bits per heavy atom. The van der Waals surface area contributed by atoms with Gasteiger partial charge < -0.3 is 10.2 Å². The third kappa shape index (κ3) is 2.17. The third-order valence-electron chi connectivity index (χ3n) is 3.10. The second-order valence-electron chi connectivity index (χ2n) is 4.41. The Balaban J connectivity index is 2.11. The Labute approximate surface area is 116 Å². The first-order chi connectivity index (χ1) is 9.17. The van der Waals surface area contributed by atoms with Gasteiger partial charge in [-0.15, -0.1) is 0 Å². The Morgan fingerprint density at radius 1 is 1.21 bits per heavy atom. The minimum atomic E-state index is 0.524. The van der Waals surface area contributed by atoms with Gasteiger partial charge in [-0.3, -0.25) is 0 Å². The van der Waals surface area contributed by atoms with Crippen LogP contribution in [0.5, 0.6) is 0 Å². The summed E-state index contributed by atoms with van der Waals surface area (Å²) in [5.74, 6) is 0.562. The van der Waals surface area contributed by atoms with Gasteiger partial charge in [-0.25, -0.2) is 4.98 Å². The lowest BCUT2D eigenvalue weighted by Crippen LogP contribution is -1.87. The van der Waals surface area contributed by atoms with Gasteiger partial charge in [0, 0.05) is 5.56 Å². The first-order valence-electron chi connectivity index (χ1n) is 6.12. The largest absolute Gasteiger partial charge is 0.436 e. The van der Waals surface area contributed by atoms with E-state index in [1.165, 1.54) is 5.56 Å². The van der Waals surface area contributed by atoms with E-state index in [4.69, 9.17) is 21.8 Å². The van der Waals surface area contributed by atoms with Crippen molar-refractivity contribution in [3.8, 4) is 11.5 Å². The number of halogens is 1. The molecule has 0 fully saturated rings. The van der Waals surface area contributed by atoms with E-state index in [9.17, 15) is 0 Å². The first kappa shape index (κ1) is 12.1. The first-order valence-corrected chi connectivity index (χ1v) is 6.50. The highest BCUT2D eigenvalue weighted by molar-refractivity contribution is 6.33. The number of nitrogen functional groups attached to an aromatic ring is 1. The molecule has 0 amide bonds. The van der Waals surface area contributed by atoms with Crippen molar-refractivity contribution in [3.63, 3.8) is 0 Å². The van der Waals surface area contributed by atoms with Crippen LogP contribution in [0.4, 0.5) is 5.69 Å². The molecule has 0 saturated heterocycles. The molecule has 2 N–H and O–H groups in total. The number of fused-ring (bicyclic) bond motifs is 1. The van der Waals surface area contributed by atoms with Crippen molar-refractivity contribution in [1.29, 1.82) is 0 Å². The number of aromatic nitrogens is 1. The van der Waals surface area contributed by atoms with Crippen molar-refractivity contribution in [2.24, 2.45) is 0 Å². The molecule has 96 valence electrons. The SMILES string of the molecule is CCc1ccc2oc(-c3ccc(Cl)c(N)c3)nc2c1. The van der Waals surface area contributed by atoms with Crippen molar-refractivity contribution in [3.05, 3.63) is 47.0 Å². The predicted octanol–water partition coefficient (Wildman–Crippen LogP) is 4.29. The van der Waals surface area contributed by atoms with Gasteiger partial charge in [0.2, 0.25) is 5.89 Å². The van der Waals surface area contributed by atoms with E-state index >= 15 is 0 Å². The van der Waals surface area contributed by atoms with Crippen molar-refractivity contribution in [2.75, 3.05) is 5.73 Å². The lowest BCUT2D eigenvalue weighted by molar-refractivity contribution is 0.620. The minimum Gasteiger partial charge on any atom is -0.436 e. The zero-order chi connectivity index (χ0) is 13.4. The van der Waals surface area contributed by atoms with Gasteiger partial charge in [-0.1, -0.05) is 24.6 Å². The van der Waals surface area contributed by atoms with Crippen LogP contribution in [-0.2, 0) is 6.42 Å². The van der Waals surface area contributed by atoms with Crippen LogP contribution in [0.2, 0.25) is 5.02 Å². The topological polar surface area (TPSA) is 52.0 Å². The number of anilines is 1. The van der Waals surface area contributed by atoms with Gasteiger partial charge in [0.15, 0.2) is 5.58 Å². The number of hydrogen-bond donors (Lipinski definition) is 1. The molecule has 0 spiro atoms. The molecular formula is C15H13ClN2O. The van der Waals surface area contributed by atoms with Crippen molar-refractivity contribution in [1.82, 2.24) is 4.98 Å². The molecule has 0 atom stereocenters. The standard InChI is InChI=1S/C15H13ClN2O/c1-2-9-3-6-14-13(7-9)18-15(19-14)10-4-5-11(16)12(17)8-10/h3-8H,2,17H2,1H3. The zero-order valence-corrected chi connectivity index (χ0v) is 11.2. The molecule has 1 heterocycles. The molecule has 3 aromatic rings. The van der Waals surface area contributed by atoms with Gasteiger partial charge in [0.1, 0.15) is 5.52 Å². The molecule has 0 saturated carbocycles. The molecule has 4 heteroatoms. The molecule has 1 aromatic heterocycles. The van der Waals surface area contributed by atoms with Gasteiger partial charge in [0.25, 0.3) is 0 Å². The van der Waals surface area contributed by atoms with Gasteiger partial charge >= 0.3 is 0 Å². The normalized spacial score (nSPS) is 11.1. The molecule has 0 aliphatic heterocycles. The van der Waals surface area contributed by atoms with Crippen molar-refractivity contribution >= 4 is 28.4 Å². The molecule has 3 nitrogen and oxygen atoms in total.